The van der Waals surface area contributed by atoms with E-state index in [0.717, 1.165) is 34.0 Å². The molecule has 15 heteroatoms. The maximum Gasteiger partial charge on any atom is 0.573 e. The minimum Gasteiger partial charge on any atom is -0.406 e. The summed E-state index contributed by atoms with van der Waals surface area (Å²) in [5.74, 6) is 0.739. The van der Waals surface area contributed by atoms with Crippen molar-refractivity contribution in [3.63, 3.8) is 0 Å². The molecule has 0 radical (unpaired) electrons. The van der Waals surface area contributed by atoms with Crippen molar-refractivity contribution in [2.45, 2.75) is 34.1 Å². The molecule has 0 atom stereocenters. The second kappa shape index (κ2) is 10.6. The third kappa shape index (κ3) is 6.06. The number of carbonyl (C=O) groups excluding carboxylic acids is 1. The highest BCUT2D eigenvalue weighted by Gasteiger charge is 2.31. The van der Waals surface area contributed by atoms with Crippen molar-refractivity contribution in [1.29, 1.82) is 0 Å². The van der Waals surface area contributed by atoms with Crippen LogP contribution < -0.4 is 15.6 Å². The first-order valence-corrected chi connectivity index (χ1v) is 13.5. The number of aromatic nitrogens is 4. The van der Waals surface area contributed by atoms with Crippen LogP contribution in [0.15, 0.2) is 43.5 Å². The van der Waals surface area contributed by atoms with E-state index in [0.29, 0.717) is 33.6 Å². The zero-order chi connectivity index (χ0) is 24.3. The molecule has 0 saturated heterocycles. The molecule has 180 valence electrons. The molecular weight excluding hydrogens is 532 g/mol. The lowest BCUT2D eigenvalue weighted by Gasteiger charge is -2.14. The van der Waals surface area contributed by atoms with Crippen LogP contribution in [0.5, 0.6) is 5.75 Å². The minimum atomic E-state index is -4.82. The monoisotopic (exact) mass is 547 g/mol. The summed E-state index contributed by atoms with van der Waals surface area (Å²) < 4.78 is 43.4. The number of hydrogen-bond donors (Lipinski definition) is 1. The summed E-state index contributed by atoms with van der Waals surface area (Å²) >= 11 is 5.22. The van der Waals surface area contributed by atoms with E-state index in [1.165, 1.54) is 51.6 Å². The number of amides is 1. The number of nitrogens with one attached hydrogen (secondary N) is 1. The van der Waals surface area contributed by atoms with Crippen molar-refractivity contribution in [2.75, 3.05) is 22.6 Å². The fourth-order valence-electron chi connectivity index (χ4n) is 2.94. The number of nitrogens with zero attached hydrogens (tertiary/aromatic N) is 4. The van der Waals surface area contributed by atoms with Gasteiger partial charge in [-0.15, -0.1) is 35.1 Å². The quantitative estimate of drug-likeness (QED) is 0.249. The molecule has 0 saturated carbocycles. The molecule has 1 amide bonds. The molecule has 1 aromatic carbocycles. The van der Waals surface area contributed by atoms with Gasteiger partial charge in [0.2, 0.25) is 11.0 Å². The standard InChI is InChI=1S/C19H16F3N5O3S4/c1-2-31-18-26-25-16(34-18)24-13(28)9-33-17-23-12-7-8-32-14(12)15(29)27(17)10-3-5-11(6-4-10)30-19(20,21)22/h3-6H,2,7-9H2,1H3,(H,24,25,28). The van der Waals surface area contributed by atoms with Gasteiger partial charge in [0.1, 0.15) is 5.75 Å². The van der Waals surface area contributed by atoms with Crippen LogP contribution in [0.2, 0.25) is 0 Å². The fraction of sp³-hybridized carbons (Fsp3) is 0.316. The van der Waals surface area contributed by atoms with E-state index < -0.39 is 12.1 Å². The maximum atomic E-state index is 13.2. The molecule has 1 aliphatic rings. The molecule has 0 spiro atoms. The van der Waals surface area contributed by atoms with Crippen molar-refractivity contribution in [3.05, 3.63) is 40.3 Å². The topological polar surface area (TPSA) is 99.0 Å². The number of rotatable bonds is 8. The van der Waals surface area contributed by atoms with E-state index in [-0.39, 0.29) is 22.4 Å². The summed E-state index contributed by atoms with van der Waals surface area (Å²) in [6.07, 6.45) is -4.20. The summed E-state index contributed by atoms with van der Waals surface area (Å²) in [6, 6.07) is 4.93. The molecule has 1 N–H and O–H groups in total. The van der Waals surface area contributed by atoms with Crippen molar-refractivity contribution >= 4 is 57.7 Å². The largest absolute Gasteiger partial charge is 0.573 e. The van der Waals surface area contributed by atoms with Crippen LogP contribution in [-0.2, 0) is 11.2 Å². The van der Waals surface area contributed by atoms with Crippen LogP contribution in [0.3, 0.4) is 0 Å². The lowest BCUT2D eigenvalue weighted by atomic mass is 10.3. The van der Waals surface area contributed by atoms with Gasteiger partial charge in [-0.05, 0) is 30.0 Å². The summed E-state index contributed by atoms with van der Waals surface area (Å²) in [6.45, 7) is 1.99. The third-order valence-corrected chi connectivity index (χ3v) is 8.15. The molecule has 4 rings (SSSR count). The SMILES string of the molecule is CCSc1nnc(NC(=O)CSc2nc3c(c(=O)n2-c2ccc(OC(F)(F)F)cc2)SCC3)s1. The Hall–Kier alpha value is -2.23. The molecule has 0 fully saturated rings. The number of benzene rings is 1. The number of hydrogen-bond acceptors (Lipinski definition) is 10. The number of carbonyl (C=O) groups is 1. The molecule has 1 aliphatic heterocycles. The summed E-state index contributed by atoms with van der Waals surface area (Å²) in [4.78, 5) is 30.7. The van der Waals surface area contributed by atoms with E-state index in [4.69, 9.17) is 0 Å². The highest BCUT2D eigenvalue weighted by atomic mass is 32.2. The van der Waals surface area contributed by atoms with Crippen LogP contribution in [0.1, 0.15) is 12.6 Å². The number of aryl methyl sites for hydroxylation is 1. The first-order chi connectivity index (χ1) is 16.2. The van der Waals surface area contributed by atoms with Gasteiger partial charge >= 0.3 is 6.36 Å². The Labute approximate surface area is 208 Å². The Morgan fingerprint density at radius 2 is 2.00 bits per heavy atom. The molecule has 0 bridgehead atoms. The van der Waals surface area contributed by atoms with Crippen molar-refractivity contribution in [2.24, 2.45) is 0 Å². The normalized spacial score (nSPS) is 13.1. The molecule has 3 aromatic rings. The first-order valence-electron chi connectivity index (χ1n) is 9.77. The van der Waals surface area contributed by atoms with Crippen LogP contribution >= 0.6 is 46.6 Å². The van der Waals surface area contributed by atoms with Gasteiger partial charge in [-0.2, -0.15) is 0 Å². The van der Waals surface area contributed by atoms with Crippen molar-refractivity contribution in [1.82, 2.24) is 19.7 Å². The predicted molar refractivity (Wildman–Crippen MR) is 127 cm³/mol. The van der Waals surface area contributed by atoms with Crippen LogP contribution in [0.4, 0.5) is 18.3 Å². The number of fused-ring (bicyclic) bond motifs is 1. The lowest BCUT2D eigenvalue weighted by Crippen LogP contribution is -2.24. The molecule has 0 unspecified atom stereocenters. The summed E-state index contributed by atoms with van der Waals surface area (Å²) in [5.41, 5.74) is 0.636. The van der Waals surface area contributed by atoms with Crippen molar-refractivity contribution < 1.29 is 22.7 Å². The van der Waals surface area contributed by atoms with Crippen LogP contribution in [0.25, 0.3) is 5.69 Å². The van der Waals surface area contributed by atoms with E-state index in [1.807, 2.05) is 6.92 Å². The van der Waals surface area contributed by atoms with Gasteiger partial charge in [-0.3, -0.25) is 19.5 Å². The second-order valence-corrected chi connectivity index (χ2v) is 11.1. The van der Waals surface area contributed by atoms with Gasteiger partial charge in [0.05, 0.1) is 22.0 Å². The lowest BCUT2D eigenvalue weighted by molar-refractivity contribution is -0.274. The van der Waals surface area contributed by atoms with E-state index in [2.05, 4.69) is 25.2 Å². The van der Waals surface area contributed by atoms with Gasteiger partial charge in [-0.25, -0.2) is 4.98 Å². The maximum absolute atomic E-state index is 13.2. The van der Waals surface area contributed by atoms with Crippen molar-refractivity contribution in [3.8, 4) is 11.4 Å². The predicted octanol–water partition coefficient (Wildman–Crippen LogP) is 4.47. The number of alkyl halides is 3. The molecule has 8 nitrogen and oxygen atoms in total. The number of thioether (sulfide) groups is 3. The van der Waals surface area contributed by atoms with Crippen LogP contribution in [-0.4, -0.2) is 49.3 Å². The highest BCUT2D eigenvalue weighted by molar-refractivity contribution is 8.01. The molecule has 0 aliphatic carbocycles. The molecule has 2 aromatic heterocycles. The Morgan fingerprint density at radius 1 is 1.24 bits per heavy atom. The number of halogens is 3. The molecule has 34 heavy (non-hydrogen) atoms. The Bertz CT molecular complexity index is 1250. The van der Waals surface area contributed by atoms with E-state index >= 15 is 0 Å². The third-order valence-electron chi connectivity index (χ3n) is 4.25. The van der Waals surface area contributed by atoms with Gasteiger partial charge < -0.3 is 4.74 Å². The zero-order valence-electron chi connectivity index (χ0n) is 17.4. The number of anilines is 1. The first kappa shape index (κ1) is 24.9. The highest BCUT2D eigenvalue weighted by Crippen LogP contribution is 2.31. The average Bonchev–Trinajstić information content (AvgIpc) is 3.42. The Balaban J connectivity index is 1.55. The number of ether oxygens (including phenoxy) is 1. The Kier molecular flexibility index (Phi) is 7.74. The summed E-state index contributed by atoms with van der Waals surface area (Å²) in [7, 11) is 0. The van der Waals surface area contributed by atoms with Gasteiger partial charge in [0, 0.05) is 12.2 Å². The van der Waals surface area contributed by atoms with E-state index in [9.17, 15) is 22.8 Å². The smallest absolute Gasteiger partial charge is 0.406 e. The zero-order valence-corrected chi connectivity index (χ0v) is 20.7. The van der Waals surface area contributed by atoms with Crippen LogP contribution in [0, 0.1) is 0 Å². The molecular formula is C19H16F3N5O3S4. The van der Waals surface area contributed by atoms with E-state index in [1.54, 1.807) is 0 Å². The van der Waals surface area contributed by atoms with Gasteiger partial charge in [0.15, 0.2) is 9.50 Å². The Morgan fingerprint density at radius 3 is 2.71 bits per heavy atom. The summed E-state index contributed by atoms with van der Waals surface area (Å²) in [5, 5.41) is 11.2. The minimum absolute atomic E-state index is 0.0521. The van der Waals surface area contributed by atoms with Gasteiger partial charge in [-0.1, -0.05) is 41.8 Å². The fourth-order valence-corrected chi connectivity index (χ4v) is 6.46. The molecule has 3 heterocycles. The average molecular weight is 548 g/mol. The van der Waals surface area contributed by atoms with Gasteiger partial charge in [0.25, 0.3) is 5.56 Å². The second-order valence-electron chi connectivity index (χ2n) is 6.59.